The first kappa shape index (κ1) is 20.3. The Morgan fingerprint density at radius 1 is 0.967 bits per heavy atom. The molecular formula is C24H26N4OS. The van der Waals surface area contributed by atoms with Crippen molar-refractivity contribution in [2.24, 2.45) is 0 Å². The highest BCUT2D eigenvalue weighted by molar-refractivity contribution is 7.71. The molecule has 0 amide bonds. The van der Waals surface area contributed by atoms with Crippen LogP contribution in [-0.4, -0.2) is 33.4 Å². The van der Waals surface area contributed by atoms with Gasteiger partial charge in [-0.25, -0.2) is 4.68 Å². The molecule has 0 saturated heterocycles. The SMILES string of the molecule is COc1ccc2cc(CN(C)Cn3nc(C)n(Cc4ccccc4)c3=S)ccc2c1. The maximum Gasteiger partial charge on any atom is 0.199 e. The first-order chi connectivity index (χ1) is 14.5. The topological polar surface area (TPSA) is 35.2 Å². The van der Waals surface area contributed by atoms with Gasteiger partial charge in [0.05, 0.1) is 20.3 Å². The monoisotopic (exact) mass is 418 g/mol. The molecule has 0 aliphatic carbocycles. The molecule has 0 radical (unpaired) electrons. The van der Waals surface area contributed by atoms with Gasteiger partial charge in [-0.3, -0.25) is 9.47 Å². The van der Waals surface area contributed by atoms with Gasteiger partial charge in [-0.1, -0.05) is 48.5 Å². The summed E-state index contributed by atoms with van der Waals surface area (Å²) in [7, 11) is 3.78. The first-order valence-corrected chi connectivity index (χ1v) is 10.4. The zero-order valence-electron chi connectivity index (χ0n) is 17.6. The molecule has 0 atom stereocenters. The molecule has 0 aliphatic rings. The van der Waals surface area contributed by atoms with E-state index in [1.54, 1.807) is 7.11 Å². The van der Waals surface area contributed by atoms with Gasteiger partial charge in [-0.15, -0.1) is 0 Å². The number of aromatic nitrogens is 3. The Bertz CT molecular complexity index is 1210. The number of benzene rings is 3. The van der Waals surface area contributed by atoms with Crippen LogP contribution in [-0.2, 0) is 19.8 Å². The number of hydrogen-bond acceptors (Lipinski definition) is 4. The van der Waals surface area contributed by atoms with Crippen molar-refractivity contribution in [3.63, 3.8) is 0 Å². The van der Waals surface area contributed by atoms with E-state index in [0.717, 1.165) is 29.4 Å². The summed E-state index contributed by atoms with van der Waals surface area (Å²) in [5.74, 6) is 1.81. The van der Waals surface area contributed by atoms with E-state index in [1.165, 1.54) is 21.9 Å². The van der Waals surface area contributed by atoms with Crippen LogP contribution in [0.2, 0.25) is 0 Å². The molecule has 4 aromatic rings. The Balaban J connectivity index is 1.47. The maximum absolute atomic E-state index is 5.71. The van der Waals surface area contributed by atoms with Crippen molar-refractivity contribution in [2.45, 2.75) is 26.7 Å². The van der Waals surface area contributed by atoms with Crippen molar-refractivity contribution in [3.8, 4) is 5.75 Å². The zero-order valence-corrected chi connectivity index (χ0v) is 18.4. The quantitative estimate of drug-likeness (QED) is 0.395. The minimum absolute atomic E-state index is 0.641. The summed E-state index contributed by atoms with van der Waals surface area (Å²) in [4.78, 5) is 2.22. The normalized spacial score (nSPS) is 11.3. The second kappa shape index (κ2) is 8.81. The van der Waals surface area contributed by atoms with Crippen LogP contribution in [0.25, 0.3) is 10.8 Å². The lowest BCUT2D eigenvalue weighted by atomic mass is 10.1. The van der Waals surface area contributed by atoms with Gasteiger partial charge in [0.2, 0.25) is 0 Å². The van der Waals surface area contributed by atoms with Gasteiger partial charge in [0.25, 0.3) is 0 Å². The van der Waals surface area contributed by atoms with Gasteiger partial charge in [0.15, 0.2) is 4.77 Å². The van der Waals surface area contributed by atoms with E-state index >= 15 is 0 Å². The standard InChI is InChI=1S/C24H26N4OS/c1-18-25-28(24(30)27(18)16-19-7-5-4-6-8-19)17-26(2)15-20-9-10-22-14-23(29-3)12-11-21(22)13-20/h4-14H,15-17H2,1-3H3. The molecule has 0 N–H and O–H groups in total. The number of nitrogens with zero attached hydrogens (tertiary/aromatic N) is 4. The lowest BCUT2D eigenvalue weighted by Gasteiger charge is -2.17. The summed E-state index contributed by atoms with van der Waals surface area (Å²) >= 11 is 5.71. The highest BCUT2D eigenvalue weighted by atomic mass is 32.1. The molecule has 1 heterocycles. The molecule has 4 rings (SSSR count). The van der Waals surface area contributed by atoms with Crippen LogP contribution in [0.15, 0.2) is 66.7 Å². The van der Waals surface area contributed by atoms with Gasteiger partial charge < -0.3 is 4.74 Å². The van der Waals surface area contributed by atoms with Crippen molar-refractivity contribution in [1.82, 2.24) is 19.2 Å². The van der Waals surface area contributed by atoms with Crippen molar-refractivity contribution in [2.75, 3.05) is 14.2 Å². The maximum atomic E-state index is 5.71. The molecular weight excluding hydrogens is 392 g/mol. The van der Waals surface area contributed by atoms with E-state index in [1.807, 2.05) is 35.9 Å². The third-order valence-corrected chi connectivity index (χ3v) is 5.66. The Labute approximate surface area is 182 Å². The fourth-order valence-electron chi connectivity index (χ4n) is 3.68. The summed E-state index contributed by atoms with van der Waals surface area (Å²) < 4.78 is 10.0. The minimum atomic E-state index is 0.641. The summed E-state index contributed by atoms with van der Waals surface area (Å²) in [5, 5.41) is 7.07. The van der Waals surface area contributed by atoms with E-state index < -0.39 is 0 Å². The van der Waals surface area contributed by atoms with Crippen LogP contribution in [0.1, 0.15) is 17.0 Å². The molecule has 154 valence electrons. The van der Waals surface area contributed by atoms with E-state index in [2.05, 4.69) is 64.1 Å². The van der Waals surface area contributed by atoms with E-state index in [4.69, 9.17) is 17.0 Å². The fourth-order valence-corrected chi connectivity index (χ4v) is 3.97. The fraction of sp³-hybridized carbons (Fsp3) is 0.250. The summed E-state index contributed by atoms with van der Waals surface area (Å²) in [6.07, 6.45) is 0. The molecule has 0 spiro atoms. The molecule has 0 bridgehead atoms. The molecule has 0 unspecified atom stereocenters. The molecule has 0 saturated carbocycles. The molecule has 30 heavy (non-hydrogen) atoms. The smallest absolute Gasteiger partial charge is 0.199 e. The lowest BCUT2D eigenvalue weighted by molar-refractivity contribution is 0.243. The van der Waals surface area contributed by atoms with Gasteiger partial charge in [-0.05, 0) is 66.3 Å². The largest absolute Gasteiger partial charge is 0.497 e. The number of fused-ring (bicyclic) bond motifs is 1. The van der Waals surface area contributed by atoms with E-state index in [-0.39, 0.29) is 0 Å². The summed E-state index contributed by atoms with van der Waals surface area (Å²) in [6.45, 7) is 4.20. The predicted octanol–water partition coefficient (Wildman–Crippen LogP) is 5.02. The first-order valence-electron chi connectivity index (χ1n) is 9.97. The molecule has 1 aromatic heterocycles. The van der Waals surface area contributed by atoms with Crippen LogP contribution in [0.4, 0.5) is 0 Å². The Morgan fingerprint density at radius 3 is 2.47 bits per heavy atom. The number of aryl methyl sites for hydroxylation is 1. The van der Waals surface area contributed by atoms with Gasteiger partial charge >= 0.3 is 0 Å². The Morgan fingerprint density at radius 2 is 1.70 bits per heavy atom. The van der Waals surface area contributed by atoms with Crippen LogP contribution in [0.5, 0.6) is 5.75 Å². The van der Waals surface area contributed by atoms with Crippen LogP contribution in [0, 0.1) is 11.7 Å². The third kappa shape index (κ3) is 4.45. The number of ether oxygens (including phenoxy) is 1. The molecule has 0 fully saturated rings. The van der Waals surface area contributed by atoms with Crippen LogP contribution >= 0.6 is 12.2 Å². The highest BCUT2D eigenvalue weighted by Gasteiger charge is 2.10. The minimum Gasteiger partial charge on any atom is -0.497 e. The summed E-state index contributed by atoms with van der Waals surface area (Å²) in [6, 6.07) is 23.0. The molecule has 6 heteroatoms. The van der Waals surface area contributed by atoms with Gasteiger partial charge in [0.1, 0.15) is 11.6 Å². The highest BCUT2D eigenvalue weighted by Crippen LogP contribution is 2.22. The zero-order chi connectivity index (χ0) is 21.1. The third-order valence-electron chi connectivity index (χ3n) is 5.23. The molecule has 0 aliphatic heterocycles. The lowest BCUT2D eigenvalue weighted by Crippen LogP contribution is -2.22. The molecule has 5 nitrogen and oxygen atoms in total. The predicted molar refractivity (Wildman–Crippen MR) is 123 cm³/mol. The second-order valence-corrected chi connectivity index (χ2v) is 7.97. The number of hydrogen-bond donors (Lipinski definition) is 0. The van der Waals surface area contributed by atoms with E-state index in [9.17, 15) is 0 Å². The van der Waals surface area contributed by atoms with Gasteiger partial charge in [-0.2, -0.15) is 5.10 Å². The van der Waals surface area contributed by atoms with Crippen molar-refractivity contribution in [3.05, 3.63) is 88.5 Å². The average molecular weight is 419 g/mol. The summed E-state index contributed by atoms with van der Waals surface area (Å²) in [5.41, 5.74) is 2.47. The van der Waals surface area contributed by atoms with Crippen molar-refractivity contribution >= 4 is 23.0 Å². The second-order valence-electron chi connectivity index (χ2n) is 7.60. The Hall–Kier alpha value is -2.96. The Kier molecular flexibility index (Phi) is 5.97. The number of rotatable bonds is 7. The number of methoxy groups -OCH3 is 1. The van der Waals surface area contributed by atoms with E-state index in [0.29, 0.717) is 6.67 Å². The van der Waals surface area contributed by atoms with Gasteiger partial charge in [0, 0.05) is 6.54 Å². The molecule has 3 aromatic carbocycles. The van der Waals surface area contributed by atoms with Crippen molar-refractivity contribution in [1.29, 1.82) is 0 Å². The van der Waals surface area contributed by atoms with Crippen LogP contribution < -0.4 is 4.74 Å². The average Bonchev–Trinajstić information content (AvgIpc) is 3.01. The van der Waals surface area contributed by atoms with Crippen LogP contribution in [0.3, 0.4) is 0 Å². The van der Waals surface area contributed by atoms with Crippen molar-refractivity contribution < 1.29 is 4.74 Å².